The number of nitrogens with one attached hydrogen (secondary N) is 1. The second-order valence-electron chi connectivity index (χ2n) is 9.82. The van der Waals surface area contributed by atoms with Gasteiger partial charge in [0.1, 0.15) is 12.6 Å². The topological polar surface area (TPSA) is 86.8 Å². The third kappa shape index (κ3) is 8.25. The second kappa shape index (κ2) is 14.1. The number of hydrogen-bond acceptors (Lipinski definition) is 4. The Bertz CT molecular complexity index is 1500. The van der Waals surface area contributed by atoms with Gasteiger partial charge < -0.3 is 10.2 Å². The van der Waals surface area contributed by atoms with E-state index < -0.39 is 51.9 Å². The van der Waals surface area contributed by atoms with Crippen molar-refractivity contribution in [1.29, 1.82) is 0 Å². The van der Waals surface area contributed by atoms with E-state index in [0.29, 0.717) is 22.5 Å². The maximum Gasteiger partial charge on any atom is 0.416 e. The third-order valence-corrected chi connectivity index (χ3v) is 8.68. The molecule has 0 radical (unpaired) electrons. The lowest BCUT2D eigenvalue weighted by molar-refractivity contribution is -0.139. The molecule has 0 spiro atoms. The Morgan fingerprint density at radius 1 is 1.00 bits per heavy atom. The molecule has 0 aliphatic carbocycles. The molecule has 1 atom stereocenters. The fourth-order valence-corrected chi connectivity index (χ4v) is 5.95. The number of amides is 2. The SMILES string of the molecule is CCCCNC(=O)[C@@H](C)N(Cc1cccc(C)c1)C(=O)CN(c1cc(C(F)(F)F)ccc1Cl)S(=O)(=O)c1ccccc1. The molecule has 3 aromatic rings. The average molecular weight is 624 g/mol. The van der Waals surface area contributed by atoms with E-state index in [4.69, 9.17) is 11.6 Å². The van der Waals surface area contributed by atoms with Crippen molar-refractivity contribution in [2.24, 2.45) is 0 Å². The van der Waals surface area contributed by atoms with E-state index in [9.17, 15) is 31.2 Å². The van der Waals surface area contributed by atoms with Gasteiger partial charge >= 0.3 is 6.18 Å². The Labute approximate surface area is 249 Å². The first-order chi connectivity index (χ1) is 19.8. The van der Waals surface area contributed by atoms with Crippen LogP contribution in [0, 0.1) is 6.92 Å². The number of carbonyl (C=O) groups excluding carboxylic acids is 2. The number of carbonyl (C=O) groups is 2. The third-order valence-electron chi connectivity index (χ3n) is 6.58. The number of unbranched alkanes of at least 4 members (excludes halogenated alkanes) is 1. The standard InChI is InChI=1S/C30H33ClF3N3O4S/c1-4-5-16-35-29(39)22(3)36(19-23-11-9-10-21(2)17-23)28(38)20-37(42(40,41)25-12-7-6-8-13-25)27-18-24(30(32,33)34)14-15-26(27)31/h6-15,17-18,22H,4-5,16,19-20H2,1-3H3,(H,35,39)/t22-/m1/s1. The summed E-state index contributed by atoms with van der Waals surface area (Å²) in [6.45, 7) is 4.78. The molecular formula is C30H33ClF3N3O4S. The predicted octanol–water partition coefficient (Wildman–Crippen LogP) is 6.20. The molecule has 3 rings (SSSR count). The van der Waals surface area contributed by atoms with Gasteiger partial charge in [0.15, 0.2) is 0 Å². The summed E-state index contributed by atoms with van der Waals surface area (Å²) in [5.41, 5.74) is -0.0581. The maximum atomic E-state index is 13.9. The molecule has 3 aromatic carbocycles. The van der Waals surface area contributed by atoms with Crippen molar-refractivity contribution in [3.8, 4) is 0 Å². The summed E-state index contributed by atoms with van der Waals surface area (Å²) < 4.78 is 69.1. The minimum absolute atomic E-state index is 0.0432. The normalized spacial score (nSPS) is 12.5. The number of sulfonamides is 1. The van der Waals surface area contributed by atoms with Crippen molar-refractivity contribution < 1.29 is 31.2 Å². The van der Waals surface area contributed by atoms with Crippen LogP contribution in [0.3, 0.4) is 0 Å². The summed E-state index contributed by atoms with van der Waals surface area (Å²) >= 11 is 6.27. The maximum absolute atomic E-state index is 13.9. The Morgan fingerprint density at radius 3 is 2.31 bits per heavy atom. The molecule has 0 fully saturated rings. The number of halogens is 4. The van der Waals surface area contributed by atoms with E-state index in [1.807, 2.05) is 26.0 Å². The Kier molecular flexibility index (Phi) is 11.0. The van der Waals surface area contributed by atoms with Crippen molar-refractivity contribution >= 4 is 39.1 Å². The van der Waals surface area contributed by atoms with Gasteiger partial charge in [-0.1, -0.05) is 73.0 Å². The van der Waals surface area contributed by atoms with E-state index in [2.05, 4.69) is 5.32 Å². The molecule has 0 aliphatic heterocycles. The van der Waals surface area contributed by atoms with Crippen molar-refractivity contribution in [2.75, 3.05) is 17.4 Å². The van der Waals surface area contributed by atoms with Gasteiger partial charge in [0.25, 0.3) is 10.0 Å². The van der Waals surface area contributed by atoms with E-state index in [0.717, 1.165) is 30.5 Å². The van der Waals surface area contributed by atoms with Gasteiger partial charge in [-0.05, 0) is 56.2 Å². The van der Waals surface area contributed by atoms with Gasteiger partial charge in [-0.3, -0.25) is 13.9 Å². The van der Waals surface area contributed by atoms with Gasteiger partial charge in [0, 0.05) is 13.1 Å². The van der Waals surface area contributed by atoms with Gasteiger partial charge in [-0.2, -0.15) is 13.2 Å². The molecule has 0 aliphatic rings. The molecule has 2 amide bonds. The first-order valence-corrected chi connectivity index (χ1v) is 15.1. The van der Waals surface area contributed by atoms with Gasteiger partial charge in [-0.15, -0.1) is 0 Å². The van der Waals surface area contributed by atoms with Crippen LogP contribution in [0.25, 0.3) is 0 Å². The summed E-state index contributed by atoms with van der Waals surface area (Å²) in [7, 11) is -4.58. The zero-order valence-electron chi connectivity index (χ0n) is 23.5. The second-order valence-corrected chi connectivity index (χ2v) is 12.1. The predicted molar refractivity (Wildman–Crippen MR) is 157 cm³/mol. The smallest absolute Gasteiger partial charge is 0.354 e. The lowest BCUT2D eigenvalue weighted by Crippen LogP contribution is -2.51. The fourth-order valence-electron chi connectivity index (χ4n) is 4.24. The summed E-state index contributed by atoms with van der Waals surface area (Å²) in [5, 5.41) is 2.48. The number of hydrogen-bond donors (Lipinski definition) is 1. The van der Waals surface area contributed by atoms with E-state index in [-0.39, 0.29) is 16.5 Å². The molecule has 0 aromatic heterocycles. The summed E-state index contributed by atoms with van der Waals surface area (Å²) in [4.78, 5) is 27.9. The Morgan fingerprint density at radius 2 is 1.69 bits per heavy atom. The molecule has 12 heteroatoms. The van der Waals surface area contributed by atoms with Crippen LogP contribution in [0.1, 0.15) is 43.4 Å². The van der Waals surface area contributed by atoms with E-state index in [1.165, 1.54) is 36.1 Å². The van der Waals surface area contributed by atoms with Crippen LogP contribution in [-0.2, 0) is 32.3 Å². The zero-order valence-corrected chi connectivity index (χ0v) is 25.1. The van der Waals surface area contributed by atoms with Crippen LogP contribution in [0.5, 0.6) is 0 Å². The number of anilines is 1. The highest BCUT2D eigenvalue weighted by Gasteiger charge is 2.36. The minimum Gasteiger partial charge on any atom is -0.354 e. The molecule has 1 N–H and O–H groups in total. The van der Waals surface area contributed by atoms with Gasteiger partial charge in [-0.25, -0.2) is 8.42 Å². The first-order valence-electron chi connectivity index (χ1n) is 13.3. The highest BCUT2D eigenvalue weighted by molar-refractivity contribution is 7.92. The zero-order chi connectivity index (χ0) is 31.1. The summed E-state index contributed by atoms with van der Waals surface area (Å²) in [6.07, 6.45) is -3.24. The fraction of sp³-hybridized carbons (Fsp3) is 0.333. The van der Waals surface area contributed by atoms with Crippen LogP contribution < -0.4 is 9.62 Å². The number of rotatable bonds is 12. The molecule has 226 valence electrons. The Hall–Kier alpha value is -3.57. The molecule has 0 unspecified atom stereocenters. The molecule has 42 heavy (non-hydrogen) atoms. The minimum atomic E-state index is -4.80. The molecule has 0 saturated carbocycles. The van der Waals surface area contributed by atoms with E-state index in [1.54, 1.807) is 18.2 Å². The van der Waals surface area contributed by atoms with Crippen LogP contribution in [-0.4, -0.2) is 44.3 Å². The highest BCUT2D eigenvalue weighted by atomic mass is 35.5. The lowest BCUT2D eigenvalue weighted by Gasteiger charge is -2.32. The number of alkyl halides is 3. The van der Waals surface area contributed by atoms with Crippen LogP contribution in [0.4, 0.5) is 18.9 Å². The average Bonchev–Trinajstić information content (AvgIpc) is 2.94. The quantitative estimate of drug-likeness (QED) is 0.244. The number of nitrogens with zero attached hydrogens (tertiary/aromatic N) is 2. The van der Waals surface area contributed by atoms with Crippen molar-refractivity contribution in [2.45, 2.75) is 57.3 Å². The van der Waals surface area contributed by atoms with Crippen molar-refractivity contribution in [3.63, 3.8) is 0 Å². The van der Waals surface area contributed by atoms with Crippen molar-refractivity contribution in [1.82, 2.24) is 10.2 Å². The molecule has 0 bridgehead atoms. The largest absolute Gasteiger partial charge is 0.416 e. The van der Waals surface area contributed by atoms with Gasteiger partial charge in [0.2, 0.25) is 11.8 Å². The van der Waals surface area contributed by atoms with Crippen molar-refractivity contribution in [3.05, 3.63) is 94.5 Å². The van der Waals surface area contributed by atoms with Crippen LogP contribution in [0.2, 0.25) is 5.02 Å². The molecule has 7 nitrogen and oxygen atoms in total. The van der Waals surface area contributed by atoms with E-state index >= 15 is 0 Å². The lowest BCUT2D eigenvalue weighted by atomic mass is 10.1. The van der Waals surface area contributed by atoms with Crippen LogP contribution >= 0.6 is 11.6 Å². The first kappa shape index (κ1) is 32.9. The number of benzene rings is 3. The monoisotopic (exact) mass is 623 g/mol. The molecule has 0 saturated heterocycles. The molecule has 0 heterocycles. The summed E-state index contributed by atoms with van der Waals surface area (Å²) in [5.74, 6) is -1.25. The summed E-state index contributed by atoms with van der Waals surface area (Å²) in [6, 6.07) is 15.5. The molecular weight excluding hydrogens is 591 g/mol. The van der Waals surface area contributed by atoms with Crippen LogP contribution in [0.15, 0.2) is 77.7 Å². The Balaban J connectivity index is 2.10. The highest BCUT2D eigenvalue weighted by Crippen LogP contribution is 2.37. The number of aryl methyl sites for hydroxylation is 1. The van der Waals surface area contributed by atoms with Gasteiger partial charge in [0.05, 0.1) is 21.2 Å².